The zero-order valence-corrected chi connectivity index (χ0v) is 15.9. The summed E-state index contributed by atoms with van der Waals surface area (Å²) >= 11 is 1.12. The second kappa shape index (κ2) is 8.30. The van der Waals surface area contributed by atoms with Gasteiger partial charge in [0.2, 0.25) is 5.91 Å². The molecule has 6 nitrogen and oxygen atoms in total. The molecule has 0 aliphatic rings. The Labute approximate surface area is 164 Å². The van der Waals surface area contributed by atoms with E-state index in [9.17, 15) is 18.4 Å². The number of Topliss-reactive ketones (excluding diaryl/α,β-unsaturated/α-hetero) is 1. The average Bonchev–Trinajstić information content (AvgIpc) is 3.00. The maximum atomic E-state index is 14.2. The number of carbonyl (C=O) groups excluding carboxylic acids is 2. The van der Waals surface area contributed by atoms with Crippen molar-refractivity contribution in [3.8, 4) is 11.4 Å². The van der Waals surface area contributed by atoms with Gasteiger partial charge in [0.1, 0.15) is 11.6 Å². The summed E-state index contributed by atoms with van der Waals surface area (Å²) in [6.07, 6.45) is 0. The van der Waals surface area contributed by atoms with Crippen LogP contribution in [-0.2, 0) is 11.8 Å². The first kappa shape index (κ1) is 19.7. The van der Waals surface area contributed by atoms with E-state index in [0.717, 1.165) is 17.8 Å². The number of anilines is 1. The monoisotopic (exact) mass is 402 g/mol. The van der Waals surface area contributed by atoms with Crippen LogP contribution < -0.4 is 5.32 Å². The van der Waals surface area contributed by atoms with Crippen LogP contribution in [0.2, 0.25) is 0 Å². The summed E-state index contributed by atoms with van der Waals surface area (Å²) < 4.78 is 28.9. The molecule has 1 amide bonds. The molecule has 0 unspecified atom stereocenters. The SMILES string of the molecule is CC(=O)Nc1ccc(C(=O)CSc2nnc(-c3ccc(F)cc3)n2C)c(F)c1. The van der Waals surface area contributed by atoms with Crippen LogP contribution in [0.25, 0.3) is 11.4 Å². The molecule has 0 saturated heterocycles. The number of amides is 1. The average molecular weight is 402 g/mol. The zero-order chi connectivity index (χ0) is 20.3. The number of ketones is 1. The lowest BCUT2D eigenvalue weighted by Gasteiger charge is -2.06. The highest BCUT2D eigenvalue weighted by Crippen LogP contribution is 2.24. The van der Waals surface area contributed by atoms with Crippen LogP contribution in [-0.4, -0.2) is 32.2 Å². The molecule has 1 aromatic heterocycles. The van der Waals surface area contributed by atoms with Crippen molar-refractivity contribution >= 4 is 29.1 Å². The quantitative estimate of drug-likeness (QED) is 0.503. The van der Waals surface area contributed by atoms with Crippen molar-refractivity contribution in [3.05, 3.63) is 59.7 Å². The number of benzene rings is 2. The number of hydrogen-bond donors (Lipinski definition) is 1. The Hall–Kier alpha value is -3.07. The summed E-state index contributed by atoms with van der Waals surface area (Å²) in [6.45, 7) is 1.31. The third kappa shape index (κ3) is 4.42. The number of nitrogens with one attached hydrogen (secondary N) is 1. The van der Waals surface area contributed by atoms with Gasteiger partial charge in [0.05, 0.1) is 11.3 Å². The highest BCUT2D eigenvalue weighted by molar-refractivity contribution is 7.99. The Kier molecular flexibility index (Phi) is 5.84. The van der Waals surface area contributed by atoms with Crippen molar-refractivity contribution in [2.45, 2.75) is 12.1 Å². The first-order chi connectivity index (χ1) is 13.3. The van der Waals surface area contributed by atoms with E-state index in [1.807, 2.05) is 0 Å². The standard InChI is InChI=1S/C19H16F2N4O2S/c1-11(26)22-14-7-8-15(16(21)9-14)17(27)10-28-19-24-23-18(25(19)2)12-3-5-13(20)6-4-12/h3-9H,10H2,1-2H3,(H,22,26). The Morgan fingerprint density at radius 2 is 1.82 bits per heavy atom. The first-order valence-corrected chi connectivity index (χ1v) is 9.22. The molecule has 2 aromatic carbocycles. The van der Waals surface area contributed by atoms with E-state index in [1.54, 1.807) is 23.7 Å². The normalized spacial score (nSPS) is 10.7. The van der Waals surface area contributed by atoms with Gasteiger partial charge in [-0.25, -0.2) is 8.78 Å². The fourth-order valence-corrected chi connectivity index (χ4v) is 3.32. The lowest BCUT2D eigenvalue weighted by molar-refractivity contribution is -0.114. The molecular formula is C19H16F2N4O2S. The molecule has 0 atom stereocenters. The van der Waals surface area contributed by atoms with Crippen molar-refractivity contribution in [2.24, 2.45) is 7.05 Å². The predicted molar refractivity (Wildman–Crippen MR) is 102 cm³/mol. The van der Waals surface area contributed by atoms with Crippen LogP contribution >= 0.6 is 11.8 Å². The molecule has 0 fully saturated rings. The van der Waals surface area contributed by atoms with E-state index >= 15 is 0 Å². The third-order valence-electron chi connectivity index (χ3n) is 3.86. The highest BCUT2D eigenvalue weighted by Gasteiger charge is 2.16. The van der Waals surface area contributed by atoms with Crippen LogP contribution in [0.1, 0.15) is 17.3 Å². The van der Waals surface area contributed by atoms with Gasteiger partial charge < -0.3 is 9.88 Å². The number of aromatic nitrogens is 3. The lowest BCUT2D eigenvalue weighted by atomic mass is 10.1. The number of nitrogens with zero attached hydrogens (tertiary/aromatic N) is 3. The maximum absolute atomic E-state index is 14.2. The van der Waals surface area contributed by atoms with Gasteiger partial charge in [0, 0.05) is 25.2 Å². The van der Waals surface area contributed by atoms with Gasteiger partial charge in [-0.2, -0.15) is 0 Å². The lowest BCUT2D eigenvalue weighted by Crippen LogP contribution is -2.09. The van der Waals surface area contributed by atoms with E-state index in [1.165, 1.54) is 31.2 Å². The Balaban J connectivity index is 1.70. The molecule has 0 bridgehead atoms. The van der Waals surface area contributed by atoms with E-state index in [0.29, 0.717) is 16.5 Å². The molecule has 9 heteroatoms. The van der Waals surface area contributed by atoms with Crippen molar-refractivity contribution in [2.75, 3.05) is 11.1 Å². The van der Waals surface area contributed by atoms with Crippen molar-refractivity contribution in [1.82, 2.24) is 14.8 Å². The molecule has 28 heavy (non-hydrogen) atoms. The van der Waals surface area contributed by atoms with E-state index in [-0.39, 0.29) is 28.7 Å². The number of carbonyl (C=O) groups is 2. The van der Waals surface area contributed by atoms with Gasteiger partial charge >= 0.3 is 0 Å². The summed E-state index contributed by atoms with van der Waals surface area (Å²) in [5.74, 6) is -1.30. The van der Waals surface area contributed by atoms with Crippen LogP contribution in [0.15, 0.2) is 47.6 Å². The van der Waals surface area contributed by atoms with E-state index in [4.69, 9.17) is 0 Å². The minimum atomic E-state index is -0.707. The van der Waals surface area contributed by atoms with E-state index in [2.05, 4.69) is 15.5 Å². The summed E-state index contributed by atoms with van der Waals surface area (Å²) in [5.41, 5.74) is 0.906. The smallest absolute Gasteiger partial charge is 0.221 e. The Bertz CT molecular complexity index is 1030. The van der Waals surface area contributed by atoms with E-state index < -0.39 is 11.6 Å². The van der Waals surface area contributed by atoms with Gasteiger partial charge in [-0.05, 0) is 42.5 Å². The molecular weight excluding hydrogens is 386 g/mol. The number of hydrogen-bond acceptors (Lipinski definition) is 5. The first-order valence-electron chi connectivity index (χ1n) is 8.23. The van der Waals surface area contributed by atoms with Crippen molar-refractivity contribution in [3.63, 3.8) is 0 Å². The summed E-state index contributed by atoms with van der Waals surface area (Å²) in [5, 5.41) is 11.0. The van der Waals surface area contributed by atoms with Crippen LogP contribution in [0.3, 0.4) is 0 Å². The molecule has 0 aliphatic heterocycles. The summed E-state index contributed by atoms with van der Waals surface area (Å²) in [7, 11) is 1.73. The third-order valence-corrected chi connectivity index (χ3v) is 4.88. The van der Waals surface area contributed by atoms with Gasteiger partial charge in [-0.3, -0.25) is 9.59 Å². The van der Waals surface area contributed by atoms with Gasteiger partial charge in [0.25, 0.3) is 0 Å². The molecule has 3 aromatic rings. The highest BCUT2D eigenvalue weighted by atomic mass is 32.2. The van der Waals surface area contributed by atoms with Crippen molar-refractivity contribution < 1.29 is 18.4 Å². The van der Waals surface area contributed by atoms with Crippen molar-refractivity contribution in [1.29, 1.82) is 0 Å². The van der Waals surface area contributed by atoms with Gasteiger partial charge in [-0.15, -0.1) is 10.2 Å². The molecule has 0 saturated carbocycles. The second-order valence-electron chi connectivity index (χ2n) is 5.96. The van der Waals surface area contributed by atoms with Crippen LogP contribution in [0, 0.1) is 11.6 Å². The van der Waals surface area contributed by atoms with Crippen LogP contribution in [0.5, 0.6) is 0 Å². The maximum Gasteiger partial charge on any atom is 0.221 e. The molecule has 144 valence electrons. The molecule has 1 N–H and O–H groups in total. The molecule has 3 rings (SSSR count). The Morgan fingerprint density at radius 1 is 1.11 bits per heavy atom. The fraction of sp³-hybridized carbons (Fsp3) is 0.158. The zero-order valence-electron chi connectivity index (χ0n) is 15.1. The molecule has 0 radical (unpaired) electrons. The van der Waals surface area contributed by atoms with Gasteiger partial charge in [0.15, 0.2) is 16.8 Å². The molecule has 0 aliphatic carbocycles. The molecule has 1 heterocycles. The second-order valence-corrected chi connectivity index (χ2v) is 6.90. The number of rotatable bonds is 6. The molecule has 0 spiro atoms. The topological polar surface area (TPSA) is 76.9 Å². The fourth-order valence-electron chi connectivity index (χ4n) is 2.52. The minimum Gasteiger partial charge on any atom is -0.326 e. The van der Waals surface area contributed by atoms with Crippen LogP contribution in [0.4, 0.5) is 14.5 Å². The summed E-state index contributed by atoms with van der Waals surface area (Å²) in [6, 6.07) is 9.74. The summed E-state index contributed by atoms with van der Waals surface area (Å²) in [4.78, 5) is 23.4. The number of halogens is 2. The predicted octanol–water partition coefficient (Wildman–Crippen LogP) is 3.69. The Morgan fingerprint density at radius 3 is 2.46 bits per heavy atom. The van der Waals surface area contributed by atoms with Gasteiger partial charge in [-0.1, -0.05) is 11.8 Å². The minimum absolute atomic E-state index is 0.0359. The largest absolute Gasteiger partial charge is 0.326 e. The number of thioether (sulfide) groups is 1.